The molecule has 1 aromatic heterocycles. The average Bonchev–Trinajstić information content (AvgIpc) is 2.74. The minimum atomic E-state index is -0.410. The van der Waals surface area contributed by atoms with Gasteiger partial charge in [-0.25, -0.2) is 0 Å². The van der Waals surface area contributed by atoms with Crippen LogP contribution in [0.1, 0.15) is 44.1 Å². The summed E-state index contributed by atoms with van der Waals surface area (Å²) in [6.07, 6.45) is 2.78. The lowest BCUT2D eigenvalue weighted by Crippen LogP contribution is -2.26. The van der Waals surface area contributed by atoms with Crippen LogP contribution >= 0.6 is 0 Å². The largest absolute Gasteiger partial charge is 0.393 e. The van der Waals surface area contributed by atoms with Crippen molar-refractivity contribution in [1.29, 1.82) is 0 Å². The zero-order chi connectivity index (χ0) is 13.5. The highest BCUT2D eigenvalue weighted by molar-refractivity contribution is 5.91. The first-order valence-electron chi connectivity index (χ1n) is 6.35. The average molecular weight is 254 g/mol. The first-order valence-corrected chi connectivity index (χ1v) is 6.35. The Balaban J connectivity index is 2.39. The monoisotopic (exact) mass is 254 g/mol. The minimum Gasteiger partial charge on any atom is -0.393 e. The molecule has 0 aromatic carbocycles. The van der Waals surface area contributed by atoms with Crippen molar-refractivity contribution in [2.75, 3.05) is 6.54 Å². The van der Waals surface area contributed by atoms with Crippen molar-refractivity contribution in [3.63, 3.8) is 0 Å². The maximum atomic E-state index is 11.7. The summed E-state index contributed by atoms with van der Waals surface area (Å²) in [5, 5.41) is 19.5. The summed E-state index contributed by atoms with van der Waals surface area (Å²) in [6.45, 7) is 7.18. The van der Waals surface area contributed by atoms with E-state index in [2.05, 4.69) is 29.5 Å². The van der Waals surface area contributed by atoms with Crippen molar-refractivity contribution in [3.8, 4) is 0 Å². The summed E-state index contributed by atoms with van der Waals surface area (Å²) in [5.41, 5.74) is 0.323. The highest BCUT2D eigenvalue weighted by Gasteiger charge is 2.10. The van der Waals surface area contributed by atoms with Gasteiger partial charge in [-0.3, -0.25) is 9.48 Å². The second-order valence-corrected chi connectivity index (χ2v) is 4.94. The second-order valence-electron chi connectivity index (χ2n) is 4.94. The molecule has 6 nitrogen and oxygen atoms in total. The molecule has 1 rings (SSSR count). The maximum Gasteiger partial charge on any atom is 0.273 e. The Bertz CT molecular complexity index is 374. The fraction of sp³-hybridized carbons (Fsp3) is 0.750. The molecule has 2 N–H and O–H groups in total. The number of carbonyl (C=O) groups is 1. The van der Waals surface area contributed by atoms with E-state index in [1.165, 1.54) is 0 Å². The molecule has 102 valence electrons. The number of aromatic nitrogens is 3. The SMILES string of the molecule is CC(C)CCn1cc(C(=O)NCCC(C)O)nn1. The Morgan fingerprint density at radius 3 is 2.78 bits per heavy atom. The predicted octanol–water partition coefficient (Wildman–Crippen LogP) is 0.825. The van der Waals surface area contributed by atoms with Crippen LogP contribution in [-0.2, 0) is 6.54 Å². The lowest BCUT2D eigenvalue weighted by Gasteiger charge is -2.04. The van der Waals surface area contributed by atoms with Crippen LogP contribution in [0.5, 0.6) is 0 Å². The van der Waals surface area contributed by atoms with Crippen LogP contribution in [0.25, 0.3) is 0 Å². The van der Waals surface area contributed by atoms with Crippen molar-refractivity contribution in [1.82, 2.24) is 20.3 Å². The summed E-state index contributed by atoms with van der Waals surface area (Å²) >= 11 is 0. The molecule has 18 heavy (non-hydrogen) atoms. The van der Waals surface area contributed by atoms with Crippen LogP contribution in [0.2, 0.25) is 0 Å². The van der Waals surface area contributed by atoms with Gasteiger partial charge in [0.1, 0.15) is 0 Å². The van der Waals surface area contributed by atoms with Gasteiger partial charge in [-0.05, 0) is 25.7 Å². The molecule has 0 aliphatic rings. The van der Waals surface area contributed by atoms with Gasteiger partial charge in [0.05, 0.1) is 12.3 Å². The molecule has 0 aliphatic carbocycles. The van der Waals surface area contributed by atoms with Crippen molar-refractivity contribution in [2.45, 2.75) is 46.3 Å². The second kappa shape index (κ2) is 7.10. The summed E-state index contributed by atoms with van der Waals surface area (Å²) in [4.78, 5) is 11.7. The fourth-order valence-corrected chi connectivity index (χ4v) is 1.39. The van der Waals surface area contributed by atoms with Gasteiger partial charge in [0.2, 0.25) is 0 Å². The molecule has 1 heterocycles. The first kappa shape index (κ1) is 14.6. The number of aliphatic hydroxyl groups is 1. The van der Waals surface area contributed by atoms with E-state index >= 15 is 0 Å². The van der Waals surface area contributed by atoms with E-state index in [0.717, 1.165) is 13.0 Å². The number of nitrogens with one attached hydrogen (secondary N) is 1. The smallest absolute Gasteiger partial charge is 0.273 e. The van der Waals surface area contributed by atoms with Gasteiger partial charge in [-0.15, -0.1) is 5.10 Å². The minimum absolute atomic E-state index is 0.244. The standard InChI is InChI=1S/C12H22N4O2/c1-9(2)5-7-16-8-11(14-15-16)12(18)13-6-4-10(3)17/h8-10,17H,4-7H2,1-3H3,(H,13,18). The Morgan fingerprint density at radius 2 is 2.17 bits per heavy atom. The Labute approximate surface area is 107 Å². The third-order valence-corrected chi connectivity index (χ3v) is 2.55. The van der Waals surface area contributed by atoms with Gasteiger partial charge in [-0.2, -0.15) is 0 Å². The molecule has 6 heteroatoms. The summed E-state index contributed by atoms with van der Waals surface area (Å²) in [5.74, 6) is 0.351. The molecule has 1 atom stereocenters. The van der Waals surface area contributed by atoms with Crippen molar-refractivity contribution < 1.29 is 9.90 Å². The van der Waals surface area contributed by atoms with Gasteiger partial charge in [0.25, 0.3) is 5.91 Å². The number of rotatable bonds is 7. The molecule has 0 bridgehead atoms. The number of hydrogen-bond acceptors (Lipinski definition) is 4. The van der Waals surface area contributed by atoms with Crippen LogP contribution in [0.15, 0.2) is 6.20 Å². The highest BCUT2D eigenvalue weighted by Crippen LogP contribution is 2.02. The van der Waals surface area contributed by atoms with Crippen molar-refractivity contribution in [3.05, 3.63) is 11.9 Å². The molecule has 0 spiro atoms. The lowest BCUT2D eigenvalue weighted by atomic mass is 10.1. The lowest BCUT2D eigenvalue weighted by molar-refractivity contribution is 0.0940. The Morgan fingerprint density at radius 1 is 1.44 bits per heavy atom. The van der Waals surface area contributed by atoms with Crippen LogP contribution in [0.4, 0.5) is 0 Å². The zero-order valence-corrected chi connectivity index (χ0v) is 11.3. The van der Waals surface area contributed by atoms with Crippen LogP contribution in [-0.4, -0.2) is 38.7 Å². The Hall–Kier alpha value is -1.43. The van der Waals surface area contributed by atoms with Crippen LogP contribution < -0.4 is 5.32 Å². The molecule has 1 aromatic rings. The van der Waals surface area contributed by atoms with Crippen LogP contribution in [0, 0.1) is 5.92 Å². The molecule has 0 radical (unpaired) electrons. The van der Waals surface area contributed by atoms with E-state index in [1.54, 1.807) is 17.8 Å². The van der Waals surface area contributed by atoms with Gasteiger partial charge in [0, 0.05) is 13.1 Å². The van der Waals surface area contributed by atoms with Gasteiger partial charge in [-0.1, -0.05) is 19.1 Å². The quantitative estimate of drug-likeness (QED) is 0.755. The highest BCUT2D eigenvalue weighted by atomic mass is 16.3. The van der Waals surface area contributed by atoms with Gasteiger partial charge >= 0.3 is 0 Å². The predicted molar refractivity (Wildman–Crippen MR) is 68.1 cm³/mol. The number of carbonyl (C=O) groups excluding carboxylic acids is 1. The zero-order valence-electron chi connectivity index (χ0n) is 11.3. The third-order valence-electron chi connectivity index (χ3n) is 2.55. The molecule has 1 amide bonds. The summed E-state index contributed by atoms with van der Waals surface area (Å²) in [7, 11) is 0. The van der Waals surface area contributed by atoms with Gasteiger partial charge < -0.3 is 10.4 Å². The van der Waals surface area contributed by atoms with E-state index in [4.69, 9.17) is 5.11 Å². The number of aliphatic hydroxyl groups excluding tert-OH is 1. The van der Waals surface area contributed by atoms with E-state index in [0.29, 0.717) is 24.6 Å². The van der Waals surface area contributed by atoms with E-state index in [-0.39, 0.29) is 5.91 Å². The van der Waals surface area contributed by atoms with Crippen molar-refractivity contribution in [2.24, 2.45) is 5.92 Å². The topological polar surface area (TPSA) is 80.0 Å². The molecular weight excluding hydrogens is 232 g/mol. The molecule has 0 aliphatic heterocycles. The Kier molecular flexibility index (Phi) is 5.77. The normalized spacial score (nSPS) is 12.7. The number of aryl methyl sites for hydroxylation is 1. The van der Waals surface area contributed by atoms with E-state index in [9.17, 15) is 4.79 Å². The number of hydrogen-bond donors (Lipinski definition) is 2. The summed E-state index contributed by atoms with van der Waals surface area (Å²) < 4.78 is 1.68. The van der Waals surface area contributed by atoms with E-state index < -0.39 is 6.10 Å². The maximum absolute atomic E-state index is 11.7. The molecule has 0 saturated heterocycles. The van der Waals surface area contributed by atoms with Crippen LogP contribution in [0.3, 0.4) is 0 Å². The summed E-state index contributed by atoms with van der Waals surface area (Å²) in [6, 6.07) is 0. The fourth-order valence-electron chi connectivity index (χ4n) is 1.39. The van der Waals surface area contributed by atoms with Crippen molar-refractivity contribution >= 4 is 5.91 Å². The van der Waals surface area contributed by atoms with E-state index in [1.807, 2.05) is 0 Å². The molecule has 0 fully saturated rings. The molecule has 1 unspecified atom stereocenters. The molecular formula is C12H22N4O2. The number of nitrogens with zero attached hydrogens (tertiary/aromatic N) is 3. The number of amides is 1. The molecule has 0 saturated carbocycles. The third kappa shape index (κ3) is 5.27. The first-order chi connectivity index (χ1) is 8.49. The van der Waals surface area contributed by atoms with Gasteiger partial charge in [0.15, 0.2) is 5.69 Å².